The van der Waals surface area contributed by atoms with E-state index in [2.05, 4.69) is 0 Å². The monoisotopic (exact) mass is 196 g/mol. The van der Waals surface area contributed by atoms with Gasteiger partial charge in [-0.1, -0.05) is 6.92 Å². The van der Waals surface area contributed by atoms with Crippen LogP contribution in [0.4, 0.5) is 0 Å². The maximum absolute atomic E-state index is 9.08. The van der Waals surface area contributed by atoms with Crippen LogP contribution in [0.15, 0.2) is 18.2 Å². The van der Waals surface area contributed by atoms with Crippen molar-refractivity contribution in [1.29, 1.82) is 0 Å². The van der Waals surface area contributed by atoms with Gasteiger partial charge in [0, 0.05) is 18.1 Å². The zero-order chi connectivity index (χ0) is 10.6. The molecule has 1 aromatic carbocycles. The maximum atomic E-state index is 9.08. The topological polar surface area (TPSA) is 38.7 Å². The van der Waals surface area contributed by atoms with Gasteiger partial charge in [0.25, 0.3) is 0 Å². The highest BCUT2D eigenvalue weighted by molar-refractivity contribution is 5.42. The van der Waals surface area contributed by atoms with E-state index in [0.717, 1.165) is 17.1 Å². The standard InChI is InChI=1S/C11H16O3/c1-8(7-12)10-6-9(13-2)4-5-11(10)14-3/h4-6,8,12H,7H2,1-3H3/t8-/m0/s1. The number of methoxy groups -OCH3 is 2. The molecule has 78 valence electrons. The molecule has 0 aliphatic rings. The second-order valence-corrected chi connectivity index (χ2v) is 3.19. The molecule has 1 N–H and O–H groups in total. The molecule has 1 atom stereocenters. The fourth-order valence-corrected chi connectivity index (χ4v) is 1.32. The van der Waals surface area contributed by atoms with Crippen LogP contribution in [0.1, 0.15) is 18.4 Å². The number of rotatable bonds is 4. The van der Waals surface area contributed by atoms with Crippen LogP contribution < -0.4 is 9.47 Å². The molecule has 0 amide bonds. The Kier molecular flexibility index (Phi) is 3.77. The summed E-state index contributed by atoms with van der Waals surface area (Å²) in [7, 11) is 3.24. The third-order valence-corrected chi connectivity index (χ3v) is 2.24. The van der Waals surface area contributed by atoms with Crippen LogP contribution >= 0.6 is 0 Å². The van der Waals surface area contributed by atoms with Crippen LogP contribution in [0.3, 0.4) is 0 Å². The normalized spacial score (nSPS) is 12.3. The first-order valence-electron chi connectivity index (χ1n) is 4.55. The molecule has 0 fully saturated rings. The molecular formula is C11H16O3. The molecule has 14 heavy (non-hydrogen) atoms. The number of aliphatic hydroxyl groups is 1. The third kappa shape index (κ3) is 2.17. The first-order chi connectivity index (χ1) is 6.72. The van der Waals surface area contributed by atoms with E-state index >= 15 is 0 Å². The molecule has 0 bridgehead atoms. The highest BCUT2D eigenvalue weighted by atomic mass is 16.5. The Bertz CT molecular complexity index is 297. The molecule has 3 heteroatoms. The van der Waals surface area contributed by atoms with Gasteiger partial charge in [-0.2, -0.15) is 0 Å². The molecule has 0 aromatic heterocycles. The predicted molar refractivity (Wildman–Crippen MR) is 55.0 cm³/mol. The molecule has 0 unspecified atom stereocenters. The van der Waals surface area contributed by atoms with E-state index in [1.54, 1.807) is 14.2 Å². The minimum absolute atomic E-state index is 0.0556. The lowest BCUT2D eigenvalue weighted by Crippen LogP contribution is -2.02. The molecule has 0 saturated carbocycles. The molecule has 0 aliphatic heterocycles. The summed E-state index contributed by atoms with van der Waals surface area (Å²) in [5.74, 6) is 1.62. The Balaban J connectivity index is 3.08. The average Bonchev–Trinajstić information content (AvgIpc) is 2.27. The van der Waals surface area contributed by atoms with Crippen LogP contribution in [-0.4, -0.2) is 25.9 Å². The highest BCUT2D eigenvalue weighted by Gasteiger charge is 2.11. The molecule has 0 spiro atoms. The van der Waals surface area contributed by atoms with Crippen molar-refractivity contribution in [2.75, 3.05) is 20.8 Å². The Morgan fingerprint density at radius 3 is 2.50 bits per heavy atom. The van der Waals surface area contributed by atoms with Crippen molar-refractivity contribution in [3.05, 3.63) is 23.8 Å². The van der Waals surface area contributed by atoms with E-state index in [0.29, 0.717) is 0 Å². The smallest absolute Gasteiger partial charge is 0.122 e. The Morgan fingerprint density at radius 1 is 1.29 bits per heavy atom. The number of aliphatic hydroxyl groups excluding tert-OH is 1. The van der Waals surface area contributed by atoms with Crippen molar-refractivity contribution in [3.63, 3.8) is 0 Å². The van der Waals surface area contributed by atoms with Gasteiger partial charge in [-0.05, 0) is 18.2 Å². The Morgan fingerprint density at radius 2 is 2.00 bits per heavy atom. The summed E-state index contributed by atoms with van der Waals surface area (Å²) in [4.78, 5) is 0. The van der Waals surface area contributed by atoms with Crippen molar-refractivity contribution in [2.24, 2.45) is 0 Å². The van der Waals surface area contributed by atoms with Gasteiger partial charge in [-0.15, -0.1) is 0 Å². The van der Waals surface area contributed by atoms with E-state index in [1.807, 2.05) is 25.1 Å². The second-order valence-electron chi connectivity index (χ2n) is 3.19. The summed E-state index contributed by atoms with van der Waals surface area (Å²) in [5, 5.41) is 9.08. The summed E-state index contributed by atoms with van der Waals surface area (Å²) in [5.41, 5.74) is 0.967. The second kappa shape index (κ2) is 4.86. The van der Waals surface area contributed by atoms with Crippen LogP contribution in [0.5, 0.6) is 11.5 Å². The summed E-state index contributed by atoms with van der Waals surface area (Å²) < 4.78 is 10.3. The van der Waals surface area contributed by atoms with E-state index in [-0.39, 0.29) is 12.5 Å². The van der Waals surface area contributed by atoms with Gasteiger partial charge in [0.15, 0.2) is 0 Å². The molecule has 3 nitrogen and oxygen atoms in total. The first kappa shape index (κ1) is 10.9. The van der Waals surface area contributed by atoms with Gasteiger partial charge in [0.05, 0.1) is 14.2 Å². The molecule has 0 radical (unpaired) electrons. The zero-order valence-electron chi connectivity index (χ0n) is 8.78. The van der Waals surface area contributed by atoms with E-state index < -0.39 is 0 Å². The van der Waals surface area contributed by atoms with Gasteiger partial charge in [-0.3, -0.25) is 0 Å². The molecule has 1 aromatic rings. The highest BCUT2D eigenvalue weighted by Crippen LogP contribution is 2.29. The SMILES string of the molecule is COc1ccc(OC)c([C@@H](C)CO)c1. The van der Waals surface area contributed by atoms with Crippen LogP contribution in [0.2, 0.25) is 0 Å². The number of ether oxygens (including phenoxy) is 2. The molecule has 1 rings (SSSR count). The lowest BCUT2D eigenvalue weighted by atomic mass is 10.0. The molecular weight excluding hydrogens is 180 g/mol. The van der Waals surface area contributed by atoms with Gasteiger partial charge in [0.1, 0.15) is 11.5 Å². The van der Waals surface area contributed by atoms with Crippen molar-refractivity contribution < 1.29 is 14.6 Å². The third-order valence-electron chi connectivity index (χ3n) is 2.24. The van der Waals surface area contributed by atoms with E-state index in [9.17, 15) is 0 Å². The zero-order valence-corrected chi connectivity index (χ0v) is 8.78. The fourth-order valence-electron chi connectivity index (χ4n) is 1.32. The first-order valence-corrected chi connectivity index (χ1v) is 4.55. The lowest BCUT2D eigenvalue weighted by molar-refractivity contribution is 0.269. The van der Waals surface area contributed by atoms with Crippen LogP contribution in [0.25, 0.3) is 0 Å². The largest absolute Gasteiger partial charge is 0.497 e. The van der Waals surface area contributed by atoms with E-state index in [1.165, 1.54) is 0 Å². The summed E-state index contributed by atoms with van der Waals surface area (Å²) >= 11 is 0. The maximum Gasteiger partial charge on any atom is 0.122 e. The fraction of sp³-hybridized carbons (Fsp3) is 0.455. The number of hydrogen-bond acceptors (Lipinski definition) is 3. The van der Waals surface area contributed by atoms with Crippen molar-refractivity contribution in [3.8, 4) is 11.5 Å². The molecule has 0 heterocycles. The molecule has 0 saturated heterocycles. The van der Waals surface area contributed by atoms with Gasteiger partial charge >= 0.3 is 0 Å². The van der Waals surface area contributed by atoms with Gasteiger partial charge in [0.2, 0.25) is 0 Å². The number of benzene rings is 1. The Hall–Kier alpha value is -1.22. The van der Waals surface area contributed by atoms with Gasteiger partial charge in [-0.25, -0.2) is 0 Å². The van der Waals surface area contributed by atoms with Crippen molar-refractivity contribution in [1.82, 2.24) is 0 Å². The quantitative estimate of drug-likeness (QED) is 0.798. The summed E-state index contributed by atoms with van der Waals surface area (Å²) in [6, 6.07) is 5.58. The molecule has 0 aliphatic carbocycles. The minimum atomic E-state index is 0.0556. The lowest BCUT2D eigenvalue weighted by Gasteiger charge is -2.14. The van der Waals surface area contributed by atoms with E-state index in [4.69, 9.17) is 14.6 Å². The van der Waals surface area contributed by atoms with Crippen molar-refractivity contribution >= 4 is 0 Å². The van der Waals surface area contributed by atoms with Gasteiger partial charge < -0.3 is 14.6 Å². The van der Waals surface area contributed by atoms with Crippen molar-refractivity contribution in [2.45, 2.75) is 12.8 Å². The Labute approximate surface area is 84.3 Å². The average molecular weight is 196 g/mol. The number of hydrogen-bond donors (Lipinski definition) is 1. The van der Waals surface area contributed by atoms with Crippen LogP contribution in [0, 0.1) is 0 Å². The minimum Gasteiger partial charge on any atom is -0.497 e. The van der Waals surface area contributed by atoms with Crippen LogP contribution in [-0.2, 0) is 0 Å². The summed E-state index contributed by atoms with van der Waals surface area (Å²) in [6.45, 7) is 2.04. The summed E-state index contributed by atoms with van der Waals surface area (Å²) in [6.07, 6.45) is 0. The predicted octanol–water partition coefficient (Wildman–Crippen LogP) is 1.80.